The van der Waals surface area contributed by atoms with Gasteiger partial charge in [0.1, 0.15) is 11.9 Å². The number of carbonyl (C=O) groups is 2. The highest BCUT2D eigenvalue weighted by molar-refractivity contribution is 7.90. The van der Waals surface area contributed by atoms with Gasteiger partial charge >= 0.3 is 0 Å². The molecule has 0 aromatic heterocycles. The van der Waals surface area contributed by atoms with Gasteiger partial charge < -0.3 is 10.6 Å². The number of aliphatic imine (C=N–C) groups is 1. The van der Waals surface area contributed by atoms with Crippen molar-refractivity contribution in [2.75, 3.05) is 10.6 Å². The Labute approximate surface area is 156 Å². The Morgan fingerprint density at radius 1 is 1.04 bits per heavy atom. The number of carbonyl (C=O) groups excluding carboxylic acids is 2. The summed E-state index contributed by atoms with van der Waals surface area (Å²) >= 11 is 0. The number of sulfonamides is 1. The first kappa shape index (κ1) is 18.6. The number of anilines is 2. The molecule has 0 aliphatic carbocycles. The van der Waals surface area contributed by atoms with Crippen LogP contribution in [-0.2, 0) is 19.6 Å². The van der Waals surface area contributed by atoms with Crippen molar-refractivity contribution in [3.8, 4) is 0 Å². The zero-order chi connectivity index (χ0) is 19.6. The average Bonchev–Trinajstić information content (AvgIpc) is 2.85. The van der Waals surface area contributed by atoms with E-state index in [1.165, 1.54) is 13.0 Å². The van der Waals surface area contributed by atoms with E-state index in [1.54, 1.807) is 49.4 Å². The van der Waals surface area contributed by atoms with Gasteiger partial charge in [-0.2, -0.15) is 0 Å². The molecule has 0 saturated heterocycles. The van der Waals surface area contributed by atoms with E-state index in [4.69, 9.17) is 0 Å². The highest BCUT2D eigenvalue weighted by Crippen LogP contribution is 2.23. The first-order valence-electron chi connectivity index (χ1n) is 8.15. The smallest absolute Gasteiger partial charge is 0.263 e. The van der Waals surface area contributed by atoms with Gasteiger partial charge in [0.2, 0.25) is 11.8 Å². The molecule has 1 aliphatic rings. The van der Waals surface area contributed by atoms with Gasteiger partial charge in [-0.1, -0.05) is 18.2 Å². The maximum atomic E-state index is 12.4. The largest absolute Gasteiger partial charge is 0.326 e. The molecule has 1 heterocycles. The van der Waals surface area contributed by atoms with Crippen molar-refractivity contribution < 1.29 is 18.0 Å². The van der Waals surface area contributed by atoms with E-state index < -0.39 is 22.0 Å². The van der Waals surface area contributed by atoms with E-state index in [0.717, 1.165) is 0 Å². The SMILES string of the molecule is CC(=O)Nc1cccc(NC(=O)C(C)N=C2NS(=O)(=O)c3ccccc32)c1. The van der Waals surface area contributed by atoms with Gasteiger partial charge in [-0.05, 0) is 37.3 Å². The summed E-state index contributed by atoms with van der Waals surface area (Å²) in [5.41, 5.74) is 1.48. The molecule has 27 heavy (non-hydrogen) atoms. The summed E-state index contributed by atoms with van der Waals surface area (Å²) in [5, 5.41) is 5.33. The average molecular weight is 386 g/mol. The van der Waals surface area contributed by atoms with Gasteiger partial charge in [-0.15, -0.1) is 0 Å². The second-order valence-electron chi connectivity index (χ2n) is 6.01. The van der Waals surface area contributed by atoms with E-state index in [9.17, 15) is 18.0 Å². The lowest BCUT2D eigenvalue weighted by molar-refractivity contribution is -0.117. The lowest BCUT2D eigenvalue weighted by Crippen LogP contribution is -2.28. The van der Waals surface area contributed by atoms with Crippen LogP contribution in [0.25, 0.3) is 0 Å². The van der Waals surface area contributed by atoms with Crippen LogP contribution in [0, 0.1) is 0 Å². The van der Waals surface area contributed by atoms with Crippen LogP contribution in [-0.4, -0.2) is 32.1 Å². The van der Waals surface area contributed by atoms with Crippen molar-refractivity contribution in [1.82, 2.24) is 4.72 Å². The van der Waals surface area contributed by atoms with Gasteiger partial charge in [-0.25, -0.2) is 8.42 Å². The third-order valence-electron chi connectivity index (χ3n) is 3.82. The topological polar surface area (TPSA) is 117 Å². The van der Waals surface area contributed by atoms with Gasteiger partial charge in [-0.3, -0.25) is 19.3 Å². The van der Waals surface area contributed by atoms with Crippen LogP contribution in [0.5, 0.6) is 0 Å². The normalized spacial score (nSPS) is 16.9. The summed E-state index contributed by atoms with van der Waals surface area (Å²) in [7, 11) is -3.65. The Bertz CT molecular complexity index is 1050. The van der Waals surface area contributed by atoms with E-state index in [2.05, 4.69) is 20.3 Å². The fourth-order valence-electron chi connectivity index (χ4n) is 2.61. The number of hydrogen-bond donors (Lipinski definition) is 3. The summed E-state index contributed by atoms with van der Waals surface area (Å²) in [4.78, 5) is 27.9. The van der Waals surface area contributed by atoms with E-state index in [1.807, 2.05) is 0 Å². The molecular formula is C18H18N4O4S. The standard InChI is InChI=1S/C18H18N4O4S/c1-11(18(24)21-14-7-5-6-13(10-14)20-12(2)23)19-17-15-8-3-4-9-16(15)27(25,26)22-17/h3-11H,1-2H3,(H,19,22)(H,20,23)(H,21,24). The van der Waals surface area contributed by atoms with Crippen molar-refractivity contribution in [3.63, 3.8) is 0 Å². The summed E-state index contributed by atoms with van der Waals surface area (Å²) in [6.45, 7) is 2.96. The molecule has 0 bridgehead atoms. The van der Waals surface area contributed by atoms with Crippen LogP contribution in [0.2, 0.25) is 0 Å². The first-order valence-corrected chi connectivity index (χ1v) is 9.63. The third kappa shape index (κ3) is 4.14. The molecule has 2 aromatic rings. The number of fused-ring (bicyclic) bond motifs is 1. The molecule has 0 radical (unpaired) electrons. The molecule has 3 rings (SSSR count). The molecule has 3 N–H and O–H groups in total. The lowest BCUT2D eigenvalue weighted by Gasteiger charge is -2.11. The molecule has 2 amide bonds. The Morgan fingerprint density at radius 3 is 2.41 bits per heavy atom. The van der Waals surface area contributed by atoms with Gasteiger partial charge in [0.15, 0.2) is 0 Å². The van der Waals surface area contributed by atoms with Crippen LogP contribution >= 0.6 is 0 Å². The minimum absolute atomic E-state index is 0.138. The van der Waals surface area contributed by atoms with Crippen LogP contribution in [0.1, 0.15) is 19.4 Å². The molecule has 1 aliphatic heterocycles. The molecular weight excluding hydrogens is 368 g/mol. The van der Waals surface area contributed by atoms with E-state index in [-0.39, 0.29) is 16.6 Å². The molecule has 0 fully saturated rings. The maximum absolute atomic E-state index is 12.4. The summed E-state index contributed by atoms with van der Waals surface area (Å²) in [5.74, 6) is -0.489. The predicted octanol–water partition coefficient (Wildman–Crippen LogP) is 1.71. The van der Waals surface area contributed by atoms with Gasteiger partial charge in [0.05, 0.1) is 4.90 Å². The molecule has 1 unspecified atom stereocenters. The highest BCUT2D eigenvalue weighted by atomic mass is 32.2. The quantitative estimate of drug-likeness (QED) is 0.741. The zero-order valence-corrected chi connectivity index (χ0v) is 15.5. The fraction of sp³-hybridized carbons (Fsp3) is 0.167. The lowest BCUT2D eigenvalue weighted by atomic mass is 10.2. The number of amidine groups is 1. The Balaban J connectivity index is 1.77. The predicted molar refractivity (Wildman–Crippen MR) is 102 cm³/mol. The highest BCUT2D eigenvalue weighted by Gasteiger charge is 2.31. The maximum Gasteiger partial charge on any atom is 0.263 e. The Hall–Kier alpha value is -3.20. The van der Waals surface area contributed by atoms with Crippen LogP contribution in [0.4, 0.5) is 11.4 Å². The molecule has 1 atom stereocenters. The zero-order valence-electron chi connectivity index (χ0n) is 14.7. The van der Waals surface area contributed by atoms with E-state index >= 15 is 0 Å². The minimum atomic E-state index is -3.65. The van der Waals surface area contributed by atoms with Crippen molar-refractivity contribution in [2.24, 2.45) is 4.99 Å². The molecule has 8 nitrogen and oxygen atoms in total. The molecule has 0 spiro atoms. The van der Waals surface area contributed by atoms with Crippen LogP contribution < -0.4 is 15.4 Å². The monoisotopic (exact) mass is 386 g/mol. The number of nitrogens with zero attached hydrogens (tertiary/aromatic N) is 1. The number of rotatable bonds is 4. The molecule has 2 aromatic carbocycles. The summed E-state index contributed by atoms with van der Waals surface area (Å²) in [6.07, 6.45) is 0. The molecule has 140 valence electrons. The van der Waals surface area contributed by atoms with Crippen molar-refractivity contribution in [1.29, 1.82) is 0 Å². The summed E-state index contributed by atoms with van der Waals surface area (Å²) < 4.78 is 26.6. The van der Waals surface area contributed by atoms with E-state index in [0.29, 0.717) is 16.9 Å². The van der Waals surface area contributed by atoms with Crippen molar-refractivity contribution in [2.45, 2.75) is 24.8 Å². The van der Waals surface area contributed by atoms with Gasteiger partial charge in [0, 0.05) is 23.9 Å². The van der Waals surface area contributed by atoms with Crippen LogP contribution in [0.15, 0.2) is 58.4 Å². The van der Waals surface area contributed by atoms with Crippen molar-refractivity contribution in [3.05, 3.63) is 54.1 Å². The van der Waals surface area contributed by atoms with Crippen LogP contribution in [0.3, 0.4) is 0 Å². The second kappa shape index (κ2) is 7.20. The number of hydrogen-bond acceptors (Lipinski definition) is 5. The van der Waals surface area contributed by atoms with Crippen molar-refractivity contribution >= 4 is 39.0 Å². The number of nitrogens with one attached hydrogen (secondary N) is 3. The number of benzene rings is 2. The Morgan fingerprint density at radius 2 is 1.70 bits per heavy atom. The second-order valence-corrected chi connectivity index (χ2v) is 7.66. The molecule has 9 heteroatoms. The molecule has 0 saturated carbocycles. The fourth-order valence-corrected chi connectivity index (χ4v) is 3.85. The minimum Gasteiger partial charge on any atom is -0.326 e. The third-order valence-corrected chi connectivity index (χ3v) is 5.21. The number of amides is 2. The summed E-state index contributed by atoms with van der Waals surface area (Å²) in [6, 6.07) is 12.3. The Kier molecular flexibility index (Phi) is 4.95. The first-order chi connectivity index (χ1) is 12.8. The van der Waals surface area contributed by atoms with Gasteiger partial charge in [0.25, 0.3) is 10.0 Å².